The minimum Gasteiger partial charge on any atom is -0.492 e. The van der Waals surface area contributed by atoms with Gasteiger partial charge < -0.3 is 125 Å². The Bertz CT molecular complexity index is 5570. The first-order chi connectivity index (χ1) is 71.1. The highest BCUT2D eigenvalue weighted by Crippen LogP contribution is 2.38. The third-order valence-electron chi connectivity index (χ3n) is 28.5. The predicted octanol–water partition coefficient (Wildman–Crippen LogP) is -7.15. The number of nitrogens with one attached hydrogen (secondary N) is 12. The number of thioether (sulfide) groups is 2. The molecule has 54 heteroatoms. The Hall–Kier alpha value is -12.6. The summed E-state index contributed by atoms with van der Waals surface area (Å²) in [6.07, 6.45) is -7.90. The third kappa shape index (κ3) is 29.2. The van der Waals surface area contributed by atoms with Gasteiger partial charge in [0, 0.05) is 125 Å². The second kappa shape index (κ2) is 52.9. The number of aliphatic hydroxyl groups is 6. The van der Waals surface area contributed by atoms with Gasteiger partial charge in [-0.25, -0.2) is 0 Å². The molecule has 0 spiro atoms. The summed E-state index contributed by atoms with van der Waals surface area (Å²) in [5, 5.41) is 88.0. The lowest BCUT2D eigenvalue weighted by molar-refractivity contribution is -0.145. The van der Waals surface area contributed by atoms with Gasteiger partial charge in [0.05, 0.1) is 168 Å². The Morgan fingerprint density at radius 3 is 1.12 bits per heavy atom. The van der Waals surface area contributed by atoms with E-state index in [1.807, 2.05) is 0 Å². The van der Waals surface area contributed by atoms with Crippen LogP contribution in [-0.4, -0.2) is 384 Å². The molecule has 4 saturated heterocycles. The van der Waals surface area contributed by atoms with Crippen molar-refractivity contribution in [3.63, 3.8) is 0 Å². The van der Waals surface area contributed by atoms with E-state index in [1.54, 1.807) is 40.2 Å². The number of Topliss-reactive ketones (excluding diaryl/α,β-unsaturated/α-hetero) is 4. The number of rotatable bonds is 24. The molecule has 4 fully saturated rings. The van der Waals surface area contributed by atoms with E-state index in [0.717, 1.165) is 19.6 Å². The maximum Gasteiger partial charge on any atom is 0.243 e. The average molecular weight is 2180 g/mol. The Labute approximate surface area is 873 Å². The molecule has 22 N–H and O–H groups in total. The number of H-pyrrole nitrogens is 2. The number of fused-ring (bicyclic) bond motifs is 10. The fourth-order valence-electron chi connectivity index (χ4n) is 19.4. The van der Waals surface area contributed by atoms with Crippen molar-refractivity contribution in [3.05, 3.63) is 47.5 Å². The molecule has 0 saturated carbocycles. The Kier molecular flexibility index (Phi) is 41.5. The van der Waals surface area contributed by atoms with Gasteiger partial charge in [0.1, 0.15) is 58.9 Å². The quantitative estimate of drug-likeness (QED) is 0.0290. The monoisotopic (exact) mass is 2170 g/mol. The van der Waals surface area contributed by atoms with Crippen LogP contribution in [0.1, 0.15) is 130 Å². The van der Waals surface area contributed by atoms with E-state index in [-0.39, 0.29) is 119 Å². The lowest BCUT2D eigenvalue weighted by Gasteiger charge is -2.31. The van der Waals surface area contributed by atoms with Gasteiger partial charge >= 0.3 is 0 Å². The highest BCUT2D eigenvalue weighted by atomic mass is 32.2. The van der Waals surface area contributed by atoms with E-state index in [0.29, 0.717) is 23.6 Å². The number of likely N-dealkylation sites (tertiary alicyclic amines) is 2. The van der Waals surface area contributed by atoms with Crippen LogP contribution in [0.3, 0.4) is 0 Å². The van der Waals surface area contributed by atoms with E-state index < -0.39 is 373 Å². The van der Waals surface area contributed by atoms with Crippen LogP contribution >= 0.6 is 23.5 Å². The zero-order valence-electron chi connectivity index (χ0n) is 83.8. The number of benzene rings is 2. The lowest BCUT2D eigenvalue weighted by Crippen LogP contribution is -2.56. The number of imide groups is 2. The summed E-state index contributed by atoms with van der Waals surface area (Å²) >= 11 is 2.51. The van der Waals surface area contributed by atoms with Gasteiger partial charge in [0.2, 0.25) is 106 Å². The molecule has 24 atom stereocenters. The summed E-state index contributed by atoms with van der Waals surface area (Å²) in [5.41, 5.74) is 11.8. The number of ether oxygens (including phenoxy) is 2. The minimum atomic E-state index is -2.39. The normalized spacial score (nSPS) is 28.4. The van der Waals surface area contributed by atoms with Crippen LogP contribution in [0.4, 0.5) is 0 Å². The zero-order chi connectivity index (χ0) is 110. The number of amides is 18. The highest BCUT2D eigenvalue weighted by molar-refractivity contribution is 8.00. The van der Waals surface area contributed by atoms with Gasteiger partial charge in [-0.3, -0.25) is 124 Å². The van der Waals surface area contributed by atoms with E-state index in [2.05, 4.69) is 63.1 Å². The van der Waals surface area contributed by atoms with Crippen molar-refractivity contribution in [1.82, 2.24) is 82.7 Å². The molecule has 2 aromatic heterocycles. The van der Waals surface area contributed by atoms with Crippen LogP contribution in [-0.2, 0) is 140 Å². The van der Waals surface area contributed by atoms with Gasteiger partial charge in [-0.05, 0) is 71.6 Å². The molecule has 150 heavy (non-hydrogen) atoms. The first-order valence-electron chi connectivity index (χ1n) is 49.3. The van der Waals surface area contributed by atoms with E-state index in [4.69, 9.17) is 20.9 Å². The summed E-state index contributed by atoms with van der Waals surface area (Å²) in [7, 11) is -4.78. The van der Waals surface area contributed by atoms with Gasteiger partial charge in [-0.1, -0.05) is 54.4 Å². The number of ketones is 4. The summed E-state index contributed by atoms with van der Waals surface area (Å²) in [6.45, 7) is 3.48. The second-order valence-electron chi connectivity index (χ2n) is 38.8. The number of hydrogen-bond acceptors (Lipinski definition) is 34. The van der Waals surface area contributed by atoms with E-state index in [1.165, 1.54) is 73.8 Å². The van der Waals surface area contributed by atoms with Crippen LogP contribution in [0.2, 0.25) is 0 Å². The molecule has 18 amide bonds. The number of primary amides is 2. The molecule has 10 heterocycles. The first-order valence-corrected chi connectivity index (χ1v) is 54.5. The average Bonchev–Trinajstić information content (AvgIpc) is 1.63. The molecule has 4 bridgehead atoms. The predicted molar refractivity (Wildman–Crippen MR) is 534 cm³/mol. The molecular weight excluding hydrogens is 2050 g/mol. The first kappa shape index (κ1) is 118. The number of hydrogen-bond donors (Lipinski definition) is 20. The second-order valence-corrected chi connectivity index (χ2v) is 43.7. The smallest absolute Gasteiger partial charge is 0.243 e. The summed E-state index contributed by atoms with van der Waals surface area (Å²) in [6, 6.07) is -3.19. The Morgan fingerprint density at radius 1 is 0.447 bits per heavy atom. The topological polar surface area (TPSA) is 766 Å². The van der Waals surface area contributed by atoms with Crippen molar-refractivity contribution in [3.8, 4) is 11.5 Å². The van der Waals surface area contributed by atoms with Crippen LogP contribution < -0.4 is 74.1 Å². The summed E-state index contributed by atoms with van der Waals surface area (Å²) in [5.74, 6) is -29.0. The van der Waals surface area contributed by atoms with Gasteiger partial charge in [0.15, 0.2) is 23.1 Å². The zero-order valence-corrected chi connectivity index (χ0v) is 87.1. The number of nitrogens with two attached hydrogens (primary N) is 2. The highest BCUT2D eigenvalue weighted by Gasteiger charge is 2.50. The SMILES string of the molecule is CC[C@H](C)[C@@H]1NC(=O)CNC(=O)C2Cc3c([nH]c4cc(OCCN5C(=O)CC(SC)C5=O)ccc34)S(=O)C[C@H](NC(=O)CNC1=O)C(=O)C[C@@H](CC(N)=O)C(=O)N1C[C@H](O)C[C@H]1C(=O)C[C@@H]([C@@H](C)[C@@H](O)CO)C(=O)N2.CC[C@H](C)[C@@H]1NC(=O)CNC(=O)[C@@H]2Cc3c([nH]c4cc(OCCN5C(=O)CC(SC)C5=O)ccc34)S(=O)C[C@H](NC(=O)CNC1=O)C(=O)C[C@@H](CC(N)=O)C(=O)N1C[C@H](O)C[C@H]1C(=O)C[C@@H]([C@@H](C)[C@@H](O)CO)C(=O)N2. The lowest BCUT2D eigenvalue weighted by atomic mass is 9.83. The Balaban J connectivity index is 0.000000284. The van der Waals surface area contributed by atoms with Crippen molar-refractivity contribution < 1.29 is 154 Å². The number of carbonyl (C=O) groups excluding carboxylic acids is 22. The minimum absolute atomic E-state index is 0.0494. The molecule has 0 radical (unpaired) electrons. The van der Waals surface area contributed by atoms with E-state index >= 15 is 0 Å². The van der Waals surface area contributed by atoms with Crippen LogP contribution in [0, 0.1) is 47.3 Å². The van der Waals surface area contributed by atoms with Gasteiger partial charge in [-0.2, -0.15) is 23.5 Å². The molecule has 50 nitrogen and oxygen atoms in total. The van der Waals surface area contributed by atoms with Crippen molar-refractivity contribution in [2.45, 2.75) is 225 Å². The fraction of sp³-hybridized carbons (Fsp3) is 0.604. The standard InChI is InChI=1S/2C48H65N9O16S2/c2*1-5-22(2)42-45(69)51-17-39(64)52-32-21-75(72)46-29(27-7-6-26(13-30(27)54-46)73-9-8-56-41(66)16-37(74-4)48(56)71)14-31(44(68)50-18-40(65)55-42)53-43(67)28(23(3)36(62)20-58)15-35(61)33-12-25(59)19-57(33)47(70)24(10-34(32)60)11-38(49)63/h2*6-7,13,22-25,28,31-33,36-37,42,54,58-59,62H,5,8-12,14-21H2,1-4H3,(H2,49,63)(H,50,68)(H,51,69)(H,52,64)(H,53,67)(H,55,65)/t22-,23+,24-,25+,28-,31?,32-,33-,36-,37?,42-,75?;22-,23+,24-,25+,28-,31-,32-,33-,36-,37?,42-,75?/m00/s1. The van der Waals surface area contributed by atoms with Crippen LogP contribution in [0.5, 0.6) is 11.5 Å². The number of carbonyl (C=O) groups is 22. The third-order valence-corrected chi connectivity index (χ3v) is 33.2. The molecule has 5 unspecified atom stereocenters. The fourth-order valence-corrected chi connectivity index (χ4v) is 23.5. The number of aliphatic hydroxyl groups excluding tert-OH is 6. The molecule has 0 aliphatic carbocycles. The number of nitrogens with zero attached hydrogens (tertiary/aromatic N) is 4. The van der Waals surface area contributed by atoms with Crippen molar-refractivity contribution in [2.75, 3.05) is 103 Å². The number of aromatic nitrogens is 2. The Morgan fingerprint density at radius 2 is 0.793 bits per heavy atom. The molecule has 12 rings (SSSR count). The van der Waals surface area contributed by atoms with Gasteiger partial charge in [-0.15, -0.1) is 0 Å². The summed E-state index contributed by atoms with van der Waals surface area (Å²) in [4.78, 5) is 313. The van der Waals surface area contributed by atoms with Crippen molar-refractivity contribution in [1.29, 1.82) is 0 Å². The van der Waals surface area contributed by atoms with Crippen molar-refractivity contribution >= 4 is 196 Å². The number of aromatic amines is 2. The molecule has 2 aromatic carbocycles. The van der Waals surface area contributed by atoms with Crippen LogP contribution in [0.25, 0.3) is 21.8 Å². The molecule has 4 aromatic rings. The molecule has 8 aliphatic rings. The van der Waals surface area contributed by atoms with Crippen molar-refractivity contribution in [2.24, 2.45) is 58.8 Å². The molecular formula is C96H130N18O32S4. The van der Waals surface area contributed by atoms with Crippen LogP contribution in [0.15, 0.2) is 46.5 Å². The molecule has 8 aliphatic heterocycles. The summed E-state index contributed by atoms with van der Waals surface area (Å²) < 4.78 is 41.9. The molecule has 820 valence electrons. The van der Waals surface area contributed by atoms with Gasteiger partial charge in [0.25, 0.3) is 0 Å². The van der Waals surface area contributed by atoms with E-state index in [9.17, 15) is 145 Å². The maximum atomic E-state index is 15.0. The largest absolute Gasteiger partial charge is 0.492 e. The maximum absolute atomic E-state index is 15.0.